The third-order valence-electron chi connectivity index (χ3n) is 7.08. The van der Waals surface area contributed by atoms with Crippen LogP contribution >= 0.6 is 19.2 Å². The van der Waals surface area contributed by atoms with Crippen molar-refractivity contribution in [3.63, 3.8) is 0 Å². The van der Waals surface area contributed by atoms with E-state index in [4.69, 9.17) is 21.1 Å². The molecule has 232 valence electrons. The minimum atomic E-state index is -4.77. The fraction of sp³-hybridized carbons (Fsp3) is 0.640. The maximum absolute atomic E-state index is 12.8. The number of rotatable bonds is 10. The first-order valence-electron chi connectivity index (χ1n) is 13.3. The van der Waals surface area contributed by atoms with Crippen molar-refractivity contribution in [1.29, 1.82) is 5.26 Å². The molecule has 4 N–H and O–H groups in total. The molecule has 0 radical (unpaired) electrons. The van der Waals surface area contributed by atoms with Gasteiger partial charge in [0.05, 0.1) is 16.9 Å². The molecule has 1 aliphatic carbocycles. The molecule has 0 bridgehead atoms. The molecule has 14 nitrogen and oxygen atoms in total. The number of anilines is 1. The summed E-state index contributed by atoms with van der Waals surface area (Å²) in [7, 11) is -9.17. The summed E-state index contributed by atoms with van der Waals surface area (Å²) in [6, 6.07) is 3.86. The van der Waals surface area contributed by atoms with Crippen LogP contribution in [0.4, 0.5) is 5.69 Å². The van der Waals surface area contributed by atoms with Crippen molar-refractivity contribution in [3.8, 4) is 6.07 Å². The molecule has 0 aromatic carbocycles. The number of halogens is 1. The number of nitriles is 1. The SMILES string of the molecule is CC(C)(C)C(=O)OCOP(=O)(O)CS(=O)(=O)C[C@H]1O[C@@H](n2ccc3c(NC4CCCC4)c(C#N)c(Cl)nc32)[C@H](O)[C@@H]1O. The zero-order valence-electron chi connectivity index (χ0n) is 23.3. The Morgan fingerprint density at radius 2 is 1.98 bits per heavy atom. The van der Waals surface area contributed by atoms with E-state index < -0.39 is 71.4 Å². The highest BCUT2D eigenvalue weighted by molar-refractivity contribution is 7.97. The second-order valence-corrected chi connectivity index (χ2v) is 16.2. The van der Waals surface area contributed by atoms with Gasteiger partial charge < -0.3 is 34.5 Å². The van der Waals surface area contributed by atoms with E-state index in [2.05, 4.69) is 20.9 Å². The number of esters is 1. The number of carbonyl (C=O) groups is 1. The molecular formula is C25H34ClN4O10PS. The molecule has 2 fully saturated rings. The van der Waals surface area contributed by atoms with E-state index in [1.165, 1.54) is 10.8 Å². The van der Waals surface area contributed by atoms with Crippen molar-refractivity contribution in [1.82, 2.24) is 9.55 Å². The number of ether oxygens (including phenoxy) is 2. The topological polar surface area (TPSA) is 210 Å². The number of fused-ring (bicyclic) bond motifs is 1. The number of hydrogen-bond acceptors (Lipinski definition) is 12. The molecule has 42 heavy (non-hydrogen) atoms. The first kappa shape index (κ1) is 32.6. The van der Waals surface area contributed by atoms with E-state index in [-0.39, 0.29) is 22.4 Å². The van der Waals surface area contributed by atoms with Crippen LogP contribution in [-0.4, -0.2) is 81.4 Å². The number of hydrogen-bond donors (Lipinski definition) is 4. The van der Waals surface area contributed by atoms with Gasteiger partial charge in [0.25, 0.3) is 0 Å². The minimum absolute atomic E-state index is 0.0792. The second-order valence-electron chi connectivity index (χ2n) is 11.5. The first-order chi connectivity index (χ1) is 19.5. The van der Waals surface area contributed by atoms with E-state index in [1.54, 1.807) is 26.8 Å². The van der Waals surface area contributed by atoms with Crippen LogP contribution in [0.2, 0.25) is 5.15 Å². The van der Waals surface area contributed by atoms with Crippen LogP contribution < -0.4 is 5.32 Å². The van der Waals surface area contributed by atoms with Crippen LogP contribution in [-0.2, 0) is 33.2 Å². The molecule has 1 aliphatic heterocycles. The summed E-state index contributed by atoms with van der Waals surface area (Å²) >= 11 is 6.34. The lowest BCUT2D eigenvalue weighted by atomic mass is 9.98. The van der Waals surface area contributed by atoms with Crippen molar-refractivity contribution in [2.45, 2.75) is 77.0 Å². The van der Waals surface area contributed by atoms with Crippen molar-refractivity contribution in [2.75, 3.05) is 23.4 Å². The zero-order chi connectivity index (χ0) is 31.0. The standard InChI is InChI=1S/C25H34ClN4O10PS/c1-25(2,3)24(33)38-12-39-41(34,35)13-42(36,37)11-17-19(31)20(32)23(40-17)30-9-8-15-18(28-14-6-4-5-7-14)16(10-27)21(26)29-22(15)30/h8-9,14,17,19-20,23,31-32H,4-7,11-13H2,1-3H3,(H,28,29)(H,34,35)/t17-,19-,20-,23-/m1/s1. The highest BCUT2D eigenvalue weighted by atomic mass is 35.5. The number of aromatic nitrogens is 2. The maximum Gasteiger partial charge on any atom is 0.346 e. The third-order valence-corrected chi connectivity index (χ3v) is 11.6. The largest absolute Gasteiger partial charge is 0.438 e. The Balaban J connectivity index is 1.49. The summed E-state index contributed by atoms with van der Waals surface area (Å²) < 4.78 is 54.4. The molecular weight excluding hydrogens is 615 g/mol. The van der Waals surface area contributed by atoms with Gasteiger partial charge in [-0.2, -0.15) is 5.26 Å². The Bertz CT molecular complexity index is 1530. The average molecular weight is 649 g/mol. The van der Waals surface area contributed by atoms with Gasteiger partial charge in [0.2, 0.25) is 6.79 Å². The summed E-state index contributed by atoms with van der Waals surface area (Å²) in [5.74, 6) is -1.64. The monoisotopic (exact) mass is 648 g/mol. The Kier molecular flexibility index (Phi) is 9.61. The average Bonchev–Trinajstić information content (AvgIpc) is 3.59. The highest BCUT2D eigenvalue weighted by Crippen LogP contribution is 2.44. The molecule has 1 unspecified atom stereocenters. The summed E-state index contributed by atoms with van der Waals surface area (Å²) in [4.78, 5) is 26.1. The number of pyridine rings is 1. The zero-order valence-corrected chi connectivity index (χ0v) is 25.7. The van der Waals surface area contributed by atoms with Crippen molar-refractivity contribution in [2.24, 2.45) is 5.41 Å². The number of nitrogens with zero attached hydrogens (tertiary/aromatic N) is 3. The van der Waals surface area contributed by atoms with Gasteiger partial charge in [0, 0.05) is 17.6 Å². The maximum atomic E-state index is 12.8. The lowest BCUT2D eigenvalue weighted by molar-refractivity contribution is -0.159. The van der Waals surface area contributed by atoms with Crippen LogP contribution in [0.5, 0.6) is 0 Å². The Morgan fingerprint density at radius 3 is 2.60 bits per heavy atom. The van der Waals surface area contributed by atoms with E-state index >= 15 is 0 Å². The molecule has 0 spiro atoms. The predicted octanol–water partition coefficient (Wildman–Crippen LogP) is 2.66. The van der Waals surface area contributed by atoms with Gasteiger partial charge in [-0.25, -0.2) is 13.4 Å². The van der Waals surface area contributed by atoms with Crippen LogP contribution in [0.25, 0.3) is 11.0 Å². The van der Waals surface area contributed by atoms with E-state index in [0.29, 0.717) is 11.1 Å². The van der Waals surface area contributed by atoms with E-state index in [0.717, 1.165) is 25.7 Å². The fourth-order valence-corrected chi connectivity index (χ4v) is 8.85. The number of aliphatic hydroxyl groups is 2. The second kappa shape index (κ2) is 12.4. The molecule has 1 saturated carbocycles. The number of carbonyl (C=O) groups excluding carboxylic acids is 1. The van der Waals surface area contributed by atoms with Gasteiger partial charge in [-0.05, 0) is 39.7 Å². The summed E-state index contributed by atoms with van der Waals surface area (Å²) in [6.07, 6.45) is -0.581. The van der Waals surface area contributed by atoms with Crippen molar-refractivity contribution in [3.05, 3.63) is 23.0 Å². The fourth-order valence-electron chi connectivity index (χ4n) is 4.93. The van der Waals surface area contributed by atoms with Gasteiger partial charge in [-0.1, -0.05) is 24.4 Å². The summed E-state index contributed by atoms with van der Waals surface area (Å²) in [6.45, 7) is 3.75. The van der Waals surface area contributed by atoms with Crippen molar-refractivity contribution >= 4 is 51.7 Å². The molecule has 17 heteroatoms. The normalized spacial score (nSPS) is 24.9. The highest BCUT2D eigenvalue weighted by Gasteiger charge is 2.47. The number of aliphatic hydroxyl groups excluding tert-OH is 2. The van der Waals surface area contributed by atoms with E-state index in [9.17, 15) is 38.1 Å². The third kappa shape index (κ3) is 7.26. The molecule has 3 heterocycles. The Hall–Kier alpha value is -2.28. The van der Waals surface area contributed by atoms with Crippen LogP contribution in [0, 0.1) is 16.7 Å². The lowest BCUT2D eigenvalue weighted by Gasteiger charge is -2.20. The van der Waals surface area contributed by atoms with E-state index in [1.807, 2.05) is 0 Å². The molecule has 2 aromatic heterocycles. The van der Waals surface area contributed by atoms with Gasteiger partial charge in [0.1, 0.15) is 35.6 Å². The Morgan fingerprint density at radius 1 is 1.31 bits per heavy atom. The van der Waals surface area contributed by atoms with Gasteiger partial charge in [-0.3, -0.25) is 13.9 Å². The first-order valence-corrected chi connectivity index (χ1v) is 17.2. The minimum Gasteiger partial charge on any atom is -0.438 e. The quantitative estimate of drug-likeness (QED) is 0.126. The Labute approximate surface area is 248 Å². The smallest absolute Gasteiger partial charge is 0.346 e. The summed E-state index contributed by atoms with van der Waals surface area (Å²) in [5.41, 5.74) is -1.36. The van der Waals surface area contributed by atoms with Gasteiger partial charge >= 0.3 is 13.6 Å². The summed E-state index contributed by atoms with van der Waals surface area (Å²) in [5, 5.41) is 35.0. The molecule has 2 aromatic rings. The molecule has 0 amide bonds. The lowest BCUT2D eigenvalue weighted by Crippen LogP contribution is -2.36. The van der Waals surface area contributed by atoms with Gasteiger partial charge in [0.15, 0.2) is 26.7 Å². The molecule has 2 aliphatic rings. The molecule has 5 atom stereocenters. The van der Waals surface area contributed by atoms with Crippen LogP contribution in [0.3, 0.4) is 0 Å². The predicted molar refractivity (Wildman–Crippen MR) is 151 cm³/mol. The number of nitrogens with one attached hydrogen (secondary N) is 1. The van der Waals surface area contributed by atoms with Crippen LogP contribution in [0.1, 0.15) is 58.2 Å². The van der Waals surface area contributed by atoms with Crippen molar-refractivity contribution < 1.29 is 46.9 Å². The molecule has 4 rings (SSSR count). The van der Waals surface area contributed by atoms with Gasteiger partial charge in [-0.15, -0.1) is 0 Å². The number of sulfone groups is 1. The molecule has 1 saturated heterocycles. The van der Waals surface area contributed by atoms with Crippen LogP contribution in [0.15, 0.2) is 12.3 Å².